The molecule has 0 saturated carbocycles. The Morgan fingerprint density at radius 3 is 2.45 bits per heavy atom. The number of carbonyl (C=O) groups excluding carboxylic acids is 2. The lowest BCUT2D eigenvalue weighted by Crippen LogP contribution is -2.27. The first kappa shape index (κ1) is 20.1. The van der Waals surface area contributed by atoms with E-state index in [1.807, 2.05) is 50.2 Å². The van der Waals surface area contributed by atoms with Crippen LogP contribution in [0.4, 0.5) is 5.69 Å². The second kappa shape index (κ2) is 9.50. The van der Waals surface area contributed by atoms with Gasteiger partial charge in [0.2, 0.25) is 0 Å². The van der Waals surface area contributed by atoms with Crippen LogP contribution >= 0.6 is 0 Å². The topological polar surface area (TPSA) is 80.3 Å². The third-order valence-corrected chi connectivity index (χ3v) is 4.03. The molecular weight excluding hydrogens is 366 g/mol. The second-order valence-electron chi connectivity index (χ2n) is 6.90. The molecule has 1 aromatic heterocycles. The number of pyridine rings is 1. The van der Waals surface area contributed by atoms with E-state index in [4.69, 9.17) is 4.74 Å². The van der Waals surface area contributed by atoms with Crippen molar-refractivity contribution in [3.8, 4) is 11.5 Å². The van der Waals surface area contributed by atoms with E-state index in [1.165, 1.54) is 12.3 Å². The quantitative estimate of drug-likeness (QED) is 0.623. The fourth-order valence-electron chi connectivity index (χ4n) is 2.56. The Bertz CT molecular complexity index is 987. The number of nitrogens with one attached hydrogen (secondary N) is 2. The number of benzene rings is 2. The zero-order valence-corrected chi connectivity index (χ0v) is 16.4. The molecule has 2 amide bonds. The Hall–Kier alpha value is -3.67. The fraction of sp³-hybridized carbons (Fsp3) is 0.174. The van der Waals surface area contributed by atoms with Gasteiger partial charge in [0.1, 0.15) is 11.4 Å². The molecule has 0 aliphatic heterocycles. The van der Waals surface area contributed by atoms with Crippen LogP contribution in [0, 0.1) is 5.92 Å². The molecule has 6 heteroatoms. The lowest BCUT2D eigenvalue weighted by atomic mass is 10.2. The largest absolute Gasteiger partial charge is 0.455 e. The van der Waals surface area contributed by atoms with Gasteiger partial charge in [-0.05, 0) is 42.3 Å². The molecule has 1 heterocycles. The predicted octanol–water partition coefficient (Wildman–Crippen LogP) is 4.51. The predicted molar refractivity (Wildman–Crippen MR) is 112 cm³/mol. The standard InChI is InChI=1S/C23H23N3O3/c1-16(2)15-25-22(27)17-12-13-24-20(14-17)23(28)26-19-10-6-7-11-21(19)29-18-8-4-3-5-9-18/h3-14,16H,15H2,1-2H3,(H,25,27)(H,26,28). The maximum Gasteiger partial charge on any atom is 0.274 e. The summed E-state index contributed by atoms with van der Waals surface area (Å²) in [4.78, 5) is 29.0. The summed E-state index contributed by atoms with van der Waals surface area (Å²) in [7, 11) is 0. The molecule has 0 radical (unpaired) electrons. The van der Waals surface area contributed by atoms with E-state index in [2.05, 4.69) is 15.6 Å². The highest BCUT2D eigenvalue weighted by atomic mass is 16.5. The molecule has 0 aliphatic carbocycles. The number of anilines is 1. The zero-order chi connectivity index (χ0) is 20.6. The molecule has 3 aromatic rings. The minimum absolute atomic E-state index is 0.150. The Kier molecular flexibility index (Phi) is 6.58. The van der Waals surface area contributed by atoms with Crippen molar-refractivity contribution in [3.63, 3.8) is 0 Å². The summed E-state index contributed by atoms with van der Waals surface area (Å²) in [6, 6.07) is 19.5. The van der Waals surface area contributed by atoms with Crippen molar-refractivity contribution >= 4 is 17.5 Å². The molecule has 3 rings (SSSR count). The van der Waals surface area contributed by atoms with Gasteiger partial charge < -0.3 is 15.4 Å². The molecule has 29 heavy (non-hydrogen) atoms. The molecule has 2 N–H and O–H groups in total. The average molecular weight is 389 g/mol. The van der Waals surface area contributed by atoms with Crippen LogP contribution < -0.4 is 15.4 Å². The van der Waals surface area contributed by atoms with Crippen molar-refractivity contribution in [2.75, 3.05) is 11.9 Å². The van der Waals surface area contributed by atoms with Gasteiger partial charge >= 0.3 is 0 Å². The monoisotopic (exact) mass is 389 g/mol. The summed E-state index contributed by atoms with van der Waals surface area (Å²) in [5, 5.41) is 5.64. The van der Waals surface area contributed by atoms with Crippen LogP contribution in [0.15, 0.2) is 72.9 Å². The van der Waals surface area contributed by atoms with Gasteiger partial charge in [-0.1, -0.05) is 44.2 Å². The number of para-hydroxylation sites is 3. The summed E-state index contributed by atoms with van der Waals surface area (Å²) >= 11 is 0. The number of hydrogen-bond acceptors (Lipinski definition) is 4. The molecule has 0 aliphatic rings. The normalized spacial score (nSPS) is 10.4. The first-order valence-electron chi connectivity index (χ1n) is 9.40. The van der Waals surface area contributed by atoms with Crippen molar-refractivity contribution in [2.45, 2.75) is 13.8 Å². The Morgan fingerprint density at radius 1 is 0.966 bits per heavy atom. The third-order valence-electron chi connectivity index (χ3n) is 4.03. The van der Waals surface area contributed by atoms with Crippen molar-refractivity contribution < 1.29 is 14.3 Å². The maximum absolute atomic E-state index is 12.7. The molecule has 2 aromatic carbocycles. The minimum atomic E-state index is -0.423. The molecule has 0 atom stereocenters. The highest BCUT2D eigenvalue weighted by molar-refractivity contribution is 6.05. The van der Waals surface area contributed by atoms with Crippen LogP contribution in [0.5, 0.6) is 11.5 Å². The van der Waals surface area contributed by atoms with E-state index in [-0.39, 0.29) is 11.6 Å². The molecule has 0 bridgehead atoms. The maximum atomic E-state index is 12.7. The van der Waals surface area contributed by atoms with Crippen LogP contribution in [0.3, 0.4) is 0 Å². The number of aromatic nitrogens is 1. The van der Waals surface area contributed by atoms with E-state index < -0.39 is 5.91 Å². The lowest BCUT2D eigenvalue weighted by Gasteiger charge is -2.12. The van der Waals surface area contributed by atoms with E-state index in [0.29, 0.717) is 35.2 Å². The van der Waals surface area contributed by atoms with Crippen LogP contribution in [0.25, 0.3) is 0 Å². The number of nitrogens with zero attached hydrogens (tertiary/aromatic N) is 1. The van der Waals surface area contributed by atoms with Crippen LogP contribution in [0.2, 0.25) is 0 Å². The van der Waals surface area contributed by atoms with Gasteiger partial charge in [0, 0.05) is 18.3 Å². The number of amides is 2. The van der Waals surface area contributed by atoms with Gasteiger partial charge in [-0.15, -0.1) is 0 Å². The number of ether oxygens (including phenoxy) is 1. The van der Waals surface area contributed by atoms with Crippen molar-refractivity contribution in [1.82, 2.24) is 10.3 Å². The molecule has 0 spiro atoms. The SMILES string of the molecule is CC(C)CNC(=O)c1ccnc(C(=O)Nc2ccccc2Oc2ccccc2)c1. The Balaban J connectivity index is 1.74. The Labute approximate surface area is 169 Å². The van der Waals surface area contributed by atoms with E-state index in [9.17, 15) is 9.59 Å². The summed E-state index contributed by atoms with van der Waals surface area (Å²) in [6.45, 7) is 4.59. The van der Waals surface area contributed by atoms with Crippen molar-refractivity contribution in [1.29, 1.82) is 0 Å². The number of rotatable bonds is 7. The van der Waals surface area contributed by atoms with Crippen LogP contribution in [-0.4, -0.2) is 23.3 Å². The zero-order valence-electron chi connectivity index (χ0n) is 16.4. The highest BCUT2D eigenvalue weighted by Crippen LogP contribution is 2.29. The summed E-state index contributed by atoms with van der Waals surface area (Å²) in [5.41, 5.74) is 1.05. The van der Waals surface area contributed by atoms with Crippen molar-refractivity contribution in [2.24, 2.45) is 5.92 Å². The van der Waals surface area contributed by atoms with E-state index >= 15 is 0 Å². The van der Waals surface area contributed by atoms with Gasteiger partial charge in [-0.2, -0.15) is 0 Å². The average Bonchev–Trinajstić information content (AvgIpc) is 2.74. The molecule has 148 valence electrons. The third kappa shape index (κ3) is 5.65. The van der Waals surface area contributed by atoms with Gasteiger partial charge in [-0.25, -0.2) is 0 Å². The Morgan fingerprint density at radius 2 is 1.69 bits per heavy atom. The van der Waals surface area contributed by atoms with Crippen molar-refractivity contribution in [3.05, 3.63) is 84.2 Å². The second-order valence-corrected chi connectivity index (χ2v) is 6.90. The summed E-state index contributed by atoms with van der Waals surface area (Å²) in [6.07, 6.45) is 1.45. The van der Waals surface area contributed by atoms with Gasteiger partial charge in [0.25, 0.3) is 11.8 Å². The number of hydrogen-bond donors (Lipinski definition) is 2. The first-order valence-corrected chi connectivity index (χ1v) is 9.40. The van der Waals surface area contributed by atoms with Crippen LogP contribution in [0.1, 0.15) is 34.7 Å². The molecule has 0 unspecified atom stereocenters. The fourth-order valence-corrected chi connectivity index (χ4v) is 2.56. The van der Waals surface area contributed by atoms with Crippen LogP contribution in [-0.2, 0) is 0 Å². The molecule has 0 fully saturated rings. The van der Waals surface area contributed by atoms with E-state index in [0.717, 1.165) is 0 Å². The van der Waals surface area contributed by atoms with E-state index in [1.54, 1.807) is 24.3 Å². The molecule has 6 nitrogen and oxygen atoms in total. The minimum Gasteiger partial charge on any atom is -0.455 e. The molecule has 0 saturated heterocycles. The smallest absolute Gasteiger partial charge is 0.274 e. The van der Waals surface area contributed by atoms with Gasteiger partial charge in [0.05, 0.1) is 5.69 Å². The summed E-state index contributed by atoms with van der Waals surface area (Å²) < 4.78 is 5.86. The lowest BCUT2D eigenvalue weighted by molar-refractivity contribution is 0.0949. The first-order chi connectivity index (χ1) is 14.0. The number of carbonyl (C=O) groups is 2. The highest BCUT2D eigenvalue weighted by Gasteiger charge is 2.14. The van der Waals surface area contributed by atoms with Gasteiger partial charge in [0.15, 0.2) is 5.75 Å². The molecular formula is C23H23N3O3. The summed E-state index contributed by atoms with van der Waals surface area (Å²) in [5.74, 6) is 0.856. The van der Waals surface area contributed by atoms with Gasteiger partial charge in [-0.3, -0.25) is 14.6 Å².